The number of rotatable bonds is 5. The van der Waals surface area contributed by atoms with Gasteiger partial charge in [-0.25, -0.2) is 0 Å². The molecule has 1 saturated heterocycles. The van der Waals surface area contributed by atoms with Gasteiger partial charge in [-0.2, -0.15) is 0 Å². The molecule has 156 valence electrons. The Balaban J connectivity index is 1.58. The highest BCUT2D eigenvalue weighted by Gasteiger charge is 2.15. The Bertz CT molecular complexity index is 1140. The Kier molecular flexibility index (Phi) is 6.39. The summed E-state index contributed by atoms with van der Waals surface area (Å²) in [6.07, 6.45) is 1.77. The molecule has 0 spiro atoms. The van der Waals surface area contributed by atoms with Crippen LogP contribution < -0.4 is 10.9 Å². The second-order valence-corrected chi connectivity index (χ2v) is 7.96. The van der Waals surface area contributed by atoms with Gasteiger partial charge in [0, 0.05) is 53.9 Å². The number of anilines is 1. The number of ether oxygens (including phenoxy) is 1. The number of fused-ring (bicyclic) bond motifs is 1. The number of nitrogens with zero attached hydrogens (tertiary/aromatic N) is 2. The van der Waals surface area contributed by atoms with E-state index in [1.54, 1.807) is 41.1 Å². The standard InChI is InChI=1S/C22H21Cl2N3O3/c23-15-4-5-19(24)18(14-15)21(28)25-20-3-1-2-17-16(20)6-7-27(22(17)29)9-8-26-10-12-30-13-11-26/h1-7,14H,8-13H2,(H,25,28). The molecule has 0 saturated carbocycles. The molecule has 1 aromatic heterocycles. The minimum absolute atomic E-state index is 0.0855. The van der Waals surface area contributed by atoms with E-state index in [-0.39, 0.29) is 17.0 Å². The molecule has 0 bridgehead atoms. The van der Waals surface area contributed by atoms with Gasteiger partial charge in [0.2, 0.25) is 0 Å². The molecular weight excluding hydrogens is 425 g/mol. The quantitative estimate of drug-likeness (QED) is 0.646. The van der Waals surface area contributed by atoms with Crippen LogP contribution in [0.15, 0.2) is 53.5 Å². The fraction of sp³-hybridized carbons (Fsp3) is 0.273. The zero-order valence-electron chi connectivity index (χ0n) is 16.2. The molecule has 1 fully saturated rings. The third-order valence-electron chi connectivity index (χ3n) is 5.20. The van der Waals surface area contributed by atoms with Crippen LogP contribution in [-0.4, -0.2) is 48.2 Å². The lowest BCUT2D eigenvalue weighted by molar-refractivity contribution is 0.0363. The number of nitrogens with one attached hydrogen (secondary N) is 1. The number of hydrogen-bond donors (Lipinski definition) is 1. The average Bonchev–Trinajstić information content (AvgIpc) is 2.76. The first-order chi connectivity index (χ1) is 14.5. The van der Waals surface area contributed by atoms with Crippen LogP contribution in [-0.2, 0) is 11.3 Å². The molecule has 1 amide bonds. The zero-order valence-corrected chi connectivity index (χ0v) is 17.7. The molecule has 8 heteroatoms. The molecule has 6 nitrogen and oxygen atoms in total. The van der Waals surface area contributed by atoms with E-state index < -0.39 is 0 Å². The molecular formula is C22H21Cl2N3O3. The average molecular weight is 446 g/mol. The smallest absolute Gasteiger partial charge is 0.258 e. The lowest BCUT2D eigenvalue weighted by Crippen LogP contribution is -2.39. The molecule has 0 atom stereocenters. The van der Waals surface area contributed by atoms with E-state index in [2.05, 4.69) is 10.2 Å². The molecule has 1 aliphatic heterocycles. The van der Waals surface area contributed by atoms with Crippen molar-refractivity contribution >= 4 is 45.6 Å². The second kappa shape index (κ2) is 9.18. The topological polar surface area (TPSA) is 63.6 Å². The summed E-state index contributed by atoms with van der Waals surface area (Å²) in [5.74, 6) is -0.383. The van der Waals surface area contributed by atoms with Gasteiger partial charge < -0.3 is 14.6 Å². The van der Waals surface area contributed by atoms with Gasteiger partial charge in [0.25, 0.3) is 11.5 Å². The minimum atomic E-state index is -0.383. The third kappa shape index (κ3) is 4.52. The van der Waals surface area contributed by atoms with E-state index in [0.29, 0.717) is 33.0 Å². The fourth-order valence-corrected chi connectivity index (χ4v) is 3.91. The van der Waals surface area contributed by atoms with Gasteiger partial charge in [-0.15, -0.1) is 0 Å². The summed E-state index contributed by atoms with van der Waals surface area (Å²) < 4.78 is 7.07. The molecule has 1 aliphatic rings. The molecule has 30 heavy (non-hydrogen) atoms. The molecule has 2 heterocycles. The number of benzene rings is 2. The molecule has 0 radical (unpaired) electrons. The highest BCUT2D eigenvalue weighted by Crippen LogP contribution is 2.25. The lowest BCUT2D eigenvalue weighted by Gasteiger charge is -2.26. The van der Waals surface area contributed by atoms with Crippen LogP contribution >= 0.6 is 23.2 Å². The van der Waals surface area contributed by atoms with Crippen molar-refractivity contribution in [3.63, 3.8) is 0 Å². The predicted molar refractivity (Wildman–Crippen MR) is 120 cm³/mol. The van der Waals surface area contributed by atoms with Gasteiger partial charge in [0.1, 0.15) is 0 Å². The van der Waals surface area contributed by atoms with Crippen molar-refractivity contribution in [1.29, 1.82) is 0 Å². The van der Waals surface area contributed by atoms with Gasteiger partial charge in [-0.05, 0) is 36.4 Å². The van der Waals surface area contributed by atoms with Crippen LogP contribution in [0, 0.1) is 0 Å². The SMILES string of the molecule is O=C(Nc1cccc2c(=O)n(CCN3CCOCC3)ccc12)c1cc(Cl)ccc1Cl. The van der Waals surface area contributed by atoms with Crippen molar-refractivity contribution in [2.24, 2.45) is 0 Å². The third-order valence-corrected chi connectivity index (χ3v) is 5.77. The number of carbonyl (C=O) groups excluding carboxylic acids is 1. The Morgan fingerprint density at radius 3 is 2.63 bits per heavy atom. The van der Waals surface area contributed by atoms with E-state index >= 15 is 0 Å². The van der Waals surface area contributed by atoms with Gasteiger partial charge in [-0.1, -0.05) is 29.3 Å². The normalized spacial score (nSPS) is 14.7. The molecule has 1 N–H and O–H groups in total. The highest BCUT2D eigenvalue weighted by atomic mass is 35.5. The molecule has 3 aromatic rings. The number of amides is 1. The summed E-state index contributed by atoms with van der Waals surface area (Å²) in [6.45, 7) is 4.61. The summed E-state index contributed by atoms with van der Waals surface area (Å²) in [4.78, 5) is 28.0. The summed E-state index contributed by atoms with van der Waals surface area (Å²) in [5, 5.41) is 4.81. The van der Waals surface area contributed by atoms with Crippen molar-refractivity contribution in [2.45, 2.75) is 6.54 Å². The van der Waals surface area contributed by atoms with Crippen LogP contribution in [0.1, 0.15) is 10.4 Å². The number of carbonyl (C=O) groups is 1. The zero-order chi connectivity index (χ0) is 21.1. The van der Waals surface area contributed by atoms with E-state index in [0.717, 1.165) is 32.8 Å². The van der Waals surface area contributed by atoms with E-state index in [9.17, 15) is 9.59 Å². The van der Waals surface area contributed by atoms with Crippen LogP contribution in [0.4, 0.5) is 5.69 Å². The first-order valence-electron chi connectivity index (χ1n) is 9.71. The largest absolute Gasteiger partial charge is 0.379 e. The molecule has 0 unspecified atom stereocenters. The van der Waals surface area contributed by atoms with Crippen molar-refractivity contribution in [3.05, 3.63) is 74.6 Å². The number of hydrogen-bond acceptors (Lipinski definition) is 4. The minimum Gasteiger partial charge on any atom is -0.379 e. The first-order valence-corrected chi connectivity index (χ1v) is 10.5. The van der Waals surface area contributed by atoms with E-state index in [1.165, 1.54) is 6.07 Å². The number of aromatic nitrogens is 1. The Morgan fingerprint density at radius 1 is 1.03 bits per heavy atom. The van der Waals surface area contributed by atoms with E-state index in [4.69, 9.17) is 27.9 Å². The Morgan fingerprint density at radius 2 is 1.83 bits per heavy atom. The van der Waals surface area contributed by atoms with Crippen molar-refractivity contribution < 1.29 is 9.53 Å². The van der Waals surface area contributed by atoms with Gasteiger partial charge in [0.05, 0.1) is 23.8 Å². The van der Waals surface area contributed by atoms with Crippen LogP contribution in [0.25, 0.3) is 10.8 Å². The summed E-state index contributed by atoms with van der Waals surface area (Å²) in [5.41, 5.74) is 0.739. The monoisotopic (exact) mass is 445 g/mol. The number of pyridine rings is 1. The lowest BCUT2D eigenvalue weighted by atomic mass is 10.1. The summed E-state index contributed by atoms with van der Waals surface area (Å²) >= 11 is 12.1. The van der Waals surface area contributed by atoms with Crippen molar-refractivity contribution in [1.82, 2.24) is 9.47 Å². The fourth-order valence-electron chi connectivity index (χ4n) is 3.54. The maximum Gasteiger partial charge on any atom is 0.258 e. The van der Waals surface area contributed by atoms with Gasteiger partial charge in [-0.3, -0.25) is 14.5 Å². The van der Waals surface area contributed by atoms with Crippen LogP contribution in [0.2, 0.25) is 10.0 Å². The highest BCUT2D eigenvalue weighted by molar-refractivity contribution is 6.36. The second-order valence-electron chi connectivity index (χ2n) is 7.11. The maximum absolute atomic E-state index is 13.0. The van der Waals surface area contributed by atoms with Crippen LogP contribution in [0.5, 0.6) is 0 Å². The summed E-state index contributed by atoms with van der Waals surface area (Å²) in [6, 6.07) is 11.9. The van der Waals surface area contributed by atoms with Gasteiger partial charge in [0.15, 0.2) is 0 Å². The molecule has 2 aromatic carbocycles. The van der Waals surface area contributed by atoms with Gasteiger partial charge >= 0.3 is 0 Å². The number of halogens is 2. The van der Waals surface area contributed by atoms with E-state index in [1.807, 2.05) is 6.07 Å². The number of morpholine rings is 1. The van der Waals surface area contributed by atoms with Crippen molar-refractivity contribution in [2.75, 3.05) is 38.2 Å². The predicted octanol–water partition coefficient (Wildman–Crippen LogP) is 3.89. The Labute approximate surface area is 184 Å². The summed E-state index contributed by atoms with van der Waals surface area (Å²) in [7, 11) is 0. The Hall–Kier alpha value is -2.38. The maximum atomic E-state index is 13.0. The first kappa shape index (κ1) is 20.9. The van der Waals surface area contributed by atoms with Crippen LogP contribution in [0.3, 0.4) is 0 Å². The molecule has 4 rings (SSSR count). The van der Waals surface area contributed by atoms with Crippen molar-refractivity contribution in [3.8, 4) is 0 Å². The molecule has 0 aliphatic carbocycles.